The van der Waals surface area contributed by atoms with Gasteiger partial charge in [-0.1, -0.05) is 18.7 Å². The smallest absolute Gasteiger partial charge is 0.254 e. The number of hydrogen-bond donors (Lipinski definition) is 1. The van der Waals surface area contributed by atoms with E-state index < -0.39 is 0 Å². The van der Waals surface area contributed by atoms with E-state index in [-0.39, 0.29) is 17.9 Å². The average Bonchev–Trinajstić information content (AvgIpc) is 2.73. The Hall–Kier alpha value is -3.43. The topological polar surface area (TPSA) is 82.4 Å². The monoisotopic (exact) mass is 361 g/mol. The highest BCUT2D eigenvalue weighted by Crippen LogP contribution is 2.24. The van der Waals surface area contributed by atoms with Gasteiger partial charge in [-0.15, -0.1) is 0 Å². The van der Waals surface area contributed by atoms with Crippen molar-refractivity contribution in [1.82, 2.24) is 4.90 Å². The average molecular weight is 361 g/mol. The number of carbonyl (C=O) groups excluding carboxylic acids is 2. The Morgan fingerprint density at radius 3 is 2.74 bits per heavy atom. The Morgan fingerprint density at radius 1 is 1.26 bits per heavy atom. The highest BCUT2D eigenvalue weighted by atomic mass is 16.5. The second-order valence-electron chi connectivity index (χ2n) is 6.12. The molecule has 1 fully saturated rings. The molecule has 6 nitrogen and oxygen atoms in total. The molecule has 6 heteroatoms. The molecular formula is C21H19N3O3. The third-order valence-corrected chi connectivity index (χ3v) is 4.33. The molecular weight excluding hydrogens is 342 g/mol. The summed E-state index contributed by atoms with van der Waals surface area (Å²) < 4.78 is 5.79. The predicted molar refractivity (Wildman–Crippen MR) is 101 cm³/mol. The van der Waals surface area contributed by atoms with Crippen molar-refractivity contribution in [3.8, 4) is 6.07 Å². The predicted octanol–water partition coefficient (Wildman–Crippen LogP) is 2.90. The summed E-state index contributed by atoms with van der Waals surface area (Å²) in [5.41, 5.74) is 2.59. The first-order valence-corrected chi connectivity index (χ1v) is 8.55. The van der Waals surface area contributed by atoms with Gasteiger partial charge >= 0.3 is 0 Å². The summed E-state index contributed by atoms with van der Waals surface area (Å²) in [7, 11) is 0. The van der Waals surface area contributed by atoms with Crippen LogP contribution in [0, 0.1) is 11.3 Å². The van der Waals surface area contributed by atoms with Crippen LogP contribution in [0.2, 0.25) is 0 Å². The van der Waals surface area contributed by atoms with Crippen molar-refractivity contribution < 1.29 is 14.3 Å². The highest BCUT2D eigenvalue weighted by molar-refractivity contribution is 5.99. The van der Waals surface area contributed by atoms with Crippen molar-refractivity contribution in [2.24, 2.45) is 0 Å². The van der Waals surface area contributed by atoms with Crippen LogP contribution in [0.3, 0.4) is 0 Å². The molecule has 2 aromatic rings. The van der Waals surface area contributed by atoms with Gasteiger partial charge in [-0.3, -0.25) is 9.59 Å². The molecule has 0 aliphatic carbocycles. The Morgan fingerprint density at radius 2 is 2.04 bits per heavy atom. The van der Waals surface area contributed by atoms with Gasteiger partial charge < -0.3 is 15.0 Å². The Bertz CT molecular complexity index is 900. The Kier molecular flexibility index (Phi) is 5.64. The molecule has 27 heavy (non-hydrogen) atoms. The van der Waals surface area contributed by atoms with E-state index >= 15 is 0 Å². The van der Waals surface area contributed by atoms with Crippen LogP contribution in [0.25, 0.3) is 0 Å². The molecule has 2 aromatic carbocycles. The molecule has 1 heterocycles. The fourth-order valence-corrected chi connectivity index (χ4v) is 2.92. The van der Waals surface area contributed by atoms with E-state index in [1.54, 1.807) is 41.3 Å². The minimum absolute atomic E-state index is 0.0960. The normalized spacial score (nSPS) is 16.3. The van der Waals surface area contributed by atoms with Gasteiger partial charge in [0.05, 0.1) is 24.8 Å². The van der Waals surface area contributed by atoms with Crippen LogP contribution in [0.15, 0.2) is 61.2 Å². The number of benzene rings is 2. The van der Waals surface area contributed by atoms with Crippen molar-refractivity contribution in [3.05, 3.63) is 77.9 Å². The molecule has 1 N–H and O–H groups in total. The zero-order chi connectivity index (χ0) is 19.2. The first kappa shape index (κ1) is 18.4. The number of rotatable bonds is 4. The SMILES string of the molecule is C=CC(=O)Nc1ccc(C(=O)N2CCOC(c3cccc(C#N)c3)C2)cc1. The summed E-state index contributed by atoms with van der Waals surface area (Å²) in [6, 6.07) is 16.1. The minimum Gasteiger partial charge on any atom is -0.370 e. The van der Waals surface area contributed by atoms with Gasteiger partial charge in [0.25, 0.3) is 5.91 Å². The lowest BCUT2D eigenvalue weighted by atomic mass is 10.0. The van der Waals surface area contributed by atoms with Crippen LogP contribution < -0.4 is 5.32 Å². The van der Waals surface area contributed by atoms with E-state index in [1.165, 1.54) is 6.08 Å². The number of nitriles is 1. The quantitative estimate of drug-likeness (QED) is 0.849. The van der Waals surface area contributed by atoms with E-state index in [0.29, 0.717) is 36.5 Å². The van der Waals surface area contributed by atoms with Crippen molar-refractivity contribution in [3.63, 3.8) is 0 Å². The number of nitrogens with zero attached hydrogens (tertiary/aromatic N) is 2. The lowest BCUT2D eigenvalue weighted by Crippen LogP contribution is -2.42. The minimum atomic E-state index is -0.301. The lowest BCUT2D eigenvalue weighted by Gasteiger charge is -2.33. The number of anilines is 1. The Labute approximate surface area is 157 Å². The van der Waals surface area contributed by atoms with E-state index in [2.05, 4.69) is 18.0 Å². The van der Waals surface area contributed by atoms with Gasteiger partial charge in [0.15, 0.2) is 0 Å². The third kappa shape index (κ3) is 4.40. The molecule has 136 valence electrons. The van der Waals surface area contributed by atoms with Crippen molar-refractivity contribution in [2.75, 3.05) is 25.0 Å². The number of amides is 2. The number of nitrogens with one attached hydrogen (secondary N) is 1. The lowest BCUT2D eigenvalue weighted by molar-refractivity contribution is -0.111. The first-order valence-electron chi connectivity index (χ1n) is 8.55. The molecule has 0 radical (unpaired) electrons. The molecule has 3 rings (SSSR count). The van der Waals surface area contributed by atoms with E-state index in [0.717, 1.165) is 5.56 Å². The number of morpholine rings is 1. The van der Waals surface area contributed by atoms with Gasteiger partial charge in [-0.25, -0.2) is 0 Å². The summed E-state index contributed by atoms with van der Waals surface area (Å²) in [4.78, 5) is 25.9. The fourth-order valence-electron chi connectivity index (χ4n) is 2.92. The number of hydrogen-bond acceptors (Lipinski definition) is 4. The van der Waals surface area contributed by atoms with Crippen molar-refractivity contribution in [2.45, 2.75) is 6.10 Å². The molecule has 1 aliphatic rings. The molecule has 1 aliphatic heterocycles. The summed E-state index contributed by atoms with van der Waals surface area (Å²) >= 11 is 0. The van der Waals surface area contributed by atoms with Crippen LogP contribution in [-0.2, 0) is 9.53 Å². The van der Waals surface area contributed by atoms with E-state index in [1.807, 2.05) is 12.1 Å². The summed E-state index contributed by atoms with van der Waals surface area (Å²) in [6.45, 7) is 4.76. The largest absolute Gasteiger partial charge is 0.370 e. The standard InChI is InChI=1S/C21H19N3O3/c1-2-20(25)23-18-8-6-16(7-9-18)21(26)24-10-11-27-19(14-24)17-5-3-4-15(12-17)13-22/h2-9,12,19H,1,10-11,14H2,(H,23,25). The van der Waals surface area contributed by atoms with Crippen LogP contribution in [-0.4, -0.2) is 36.4 Å². The van der Waals surface area contributed by atoms with Crippen LogP contribution in [0.4, 0.5) is 5.69 Å². The summed E-state index contributed by atoms with van der Waals surface area (Å²) in [6.07, 6.45) is 0.927. The molecule has 2 amide bonds. The van der Waals surface area contributed by atoms with Crippen LogP contribution in [0.1, 0.15) is 27.6 Å². The van der Waals surface area contributed by atoms with Gasteiger partial charge in [0.2, 0.25) is 5.91 Å². The summed E-state index contributed by atoms with van der Waals surface area (Å²) in [5.74, 6) is -0.397. The molecule has 1 atom stereocenters. The van der Waals surface area contributed by atoms with Gasteiger partial charge in [-0.2, -0.15) is 5.26 Å². The molecule has 0 saturated carbocycles. The molecule has 0 bridgehead atoms. The maximum absolute atomic E-state index is 12.8. The van der Waals surface area contributed by atoms with Crippen molar-refractivity contribution >= 4 is 17.5 Å². The highest BCUT2D eigenvalue weighted by Gasteiger charge is 2.26. The van der Waals surface area contributed by atoms with Gasteiger partial charge in [0, 0.05) is 17.8 Å². The molecule has 0 aromatic heterocycles. The van der Waals surface area contributed by atoms with Crippen LogP contribution in [0.5, 0.6) is 0 Å². The summed E-state index contributed by atoms with van der Waals surface area (Å²) in [5, 5.41) is 11.7. The Balaban J connectivity index is 1.70. The molecule has 0 spiro atoms. The van der Waals surface area contributed by atoms with E-state index in [4.69, 9.17) is 10.00 Å². The number of carbonyl (C=O) groups is 2. The zero-order valence-electron chi connectivity index (χ0n) is 14.7. The van der Waals surface area contributed by atoms with Gasteiger partial charge in [-0.05, 0) is 48.0 Å². The van der Waals surface area contributed by atoms with E-state index in [9.17, 15) is 9.59 Å². The van der Waals surface area contributed by atoms with Crippen LogP contribution >= 0.6 is 0 Å². The maximum atomic E-state index is 12.8. The van der Waals surface area contributed by atoms with Gasteiger partial charge in [0.1, 0.15) is 6.10 Å². The fraction of sp³-hybridized carbons (Fsp3) is 0.190. The second kappa shape index (κ2) is 8.30. The zero-order valence-corrected chi connectivity index (χ0v) is 14.7. The second-order valence-corrected chi connectivity index (χ2v) is 6.12. The van der Waals surface area contributed by atoms with Crippen molar-refractivity contribution in [1.29, 1.82) is 5.26 Å². The first-order chi connectivity index (χ1) is 13.1. The molecule has 1 saturated heterocycles. The third-order valence-electron chi connectivity index (χ3n) is 4.33. The molecule has 1 unspecified atom stereocenters. The maximum Gasteiger partial charge on any atom is 0.254 e. The number of ether oxygens (including phenoxy) is 1.